The molecule has 0 atom stereocenters. The molecule has 42 heavy (non-hydrogen) atoms. The van der Waals surface area contributed by atoms with E-state index in [1.807, 2.05) is 60.8 Å². The highest BCUT2D eigenvalue weighted by molar-refractivity contribution is 5.94. The largest absolute Gasteiger partial charge is 0.494 e. The van der Waals surface area contributed by atoms with E-state index >= 15 is 0 Å². The number of carboxylic acid groups (broad SMARTS) is 2. The fourth-order valence-electron chi connectivity index (χ4n) is 4.69. The Labute approximate surface area is 242 Å². The number of aromatic nitrogens is 1. The minimum absolute atomic E-state index is 0.0979. The molecule has 4 aromatic rings. The summed E-state index contributed by atoms with van der Waals surface area (Å²) in [7, 11) is 0. The Morgan fingerprint density at radius 3 is 2.29 bits per heavy atom. The second-order valence-corrected chi connectivity index (χ2v) is 9.88. The fourth-order valence-corrected chi connectivity index (χ4v) is 4.69. The van der Waals surface area contributed by atoms with Gasteiger partial charge in [-0.15, -0.1) is 0 Å². The molecule has 0 radical (unpaired) electrons. The van der Waals surface area contributed by atoms with Gasteiger partial charge >= 0.3 is 11.9 Å². The SMILES string of the molecule is O=C(O)CCCCc1cn(CC(=O)O)c2c(/C=C/c3ccc(OCCCCOc4cccc(F)c4F)cc3)cccc12. The van der Waals surface area contributed by atoms with E-state index in [1.165, 1.54) is 12.1 Å². The quantitative estimate of drug-likeness (QED) is 0.108. The van der Waals surface area contributed by atoms with Crippen molar-refractivity contribution in [2.75, 3.05) is 13.2 Å². The van der Waals surface area contributed by atoms with Gasteiger partial charge in [0, 0.05) is 18.0 Å². The Morgan fingerprint density at radius 1 is 0.810 bits per heavy atom. The first-order valence-electron chi connectivity index (χ1n) is 13.8. The highest BCUT2D eigenvalue weighted by Crippen LogP contribution is 2.28. The number of hydrogen-bond donors (Lipinski definition) is 2. The van der Waals surface area contributed by atoms with Gasteiger partial charge in [0.05, 0.1) is 18.7 Å². The Bertz CT molecular complexity index is 1540. The van der Waals surface area contributed by atoms with Crippen molar-refractivity contribution < 1.29 is 38.1 Å². The lowest BCUT2D eigenvalue weighted by molar-refractivity contribution is -0.138. The molecule has 4 rings (SSSR count). The molecule has 0 saturated heterocycles. The topological polar surface area (TPSA) is 98.0 Å². The molecule has 0 amide bonds. The highest BCUT2D eigenvalue weighted by atomic mass is 19.2. The van der Waals surface area contributed by atoms with Gasteiger partial charge in [-0.3, -0.25) is 9.59 Å². The van der Waals surface area contributed by atoms with Crippen LogP contribution in [0.15, 0.2) is 66.9 Å². The average molecular weight is 578 g/mol. The Kier molecular flexibility index (Phi) is 10.7. The van der Waals surface area contributed by atoms with Crippen LogP contribution < -0.4 is 9.47 Å². The van der Waals surface area contributed by atoms with Crippen LogP contribution in [0.25, 0.3) is 23.1 Å². The van der Waals surface area contributed by atoms with Crippen molar-refractivity contribution >= 4 is 35.0 Å². The van der Waals surface area contributed by atoms with Crippen LogP contribution in [0.4, 0.5) is 8.78 Å². The third-order valence-electron chi connectivity index (χ3n) is 6.72. The van der Waals surface area contributed by atoms with Crippen LogP contribution in [0.1, 0.15) is 48.8 Å². The van der Waals surface area contributed by atoms with Gasteiger partial charge in [-0.1, -0.05) is 48.6 Å². The van der Waals surface area contributed by atoms with Crippen LogP contribution in [-0.2, 0) is 22.6 Å². The predicted molar refractivity (Wildman–Crippen MR) is 157 cm³/mol. The fraction of sp³-hybridized carbons (Fsp3) is 0.273. The van der Waals surface area contributed by atoms with Gasteiger partial charge in [0.25, 0.3) is 0 Å². The summed E-state index contributed by atoms with van der Waals surface area (Å²) < 4.78 is 39.7. The third kappa shape index (κ3) is 8.42. The Hall–Kier alpha value is -4.66. The molecule has 3 aromatic carbocycles. The molecule has 0 bridgehead atoms. The summed E-state index contributed by atoms with van der Waals surface area (Å²) in [6.07, 6.45) is 9.11. The monoisotopic (exact) mass is 577 g/mol. The summed E-state index contributed by atoms with van der Waals surface area (Å²) >= 11 is 0. The summed E-state index contributed by atoms with van der Waals surface area (Å²) in [5.74, 6) is -3.07. The molecule has 220 valence electrons. The number of para-hydroxylation sites is 1. The number of carboxylic acids is 2. The van der Waals surface area contributed by atoms with Crippen molar-refractivity contribution in [3.05, 3.63) is 95.2 Å². The maximum absolute atomic E-state index is 13.6. The molecule has 7 nitrogen and oxygen atoms in total. The van der Waals surface area contributed by atoms with Crippen LogP contribution >= 0.6 is 0 Å². The van der Waals surface area contributed by atoms with E-state index in [2.05, 4.69) is 0 Å². The van der Waals surface area contributed by atoms with Crippen LogP contribution in [0, 0.1) is 11.6 Å². The second kappa shape index (κ2) is 14.8. The molecule has 1 heterocycles. The van der Waals surface area contributed by atoms with E-state index in [4.69, 9.17) is 14.6 Å². The van der Waals surface area contributed by atoms with Gasteiger partial charge in [-0.05, 0) is 73.1 Å². The lowest BCUT2D eigenvalue weighted by atomic mass is 10.0. The van der Waals surface area contributed by atoms with Crippen LogP contribution in [0.2, 0.25) is 0 Å². The number of aliphatic carboxylic acids is 2. The molecule has 0 fully saturated rings. The minimum atomic E-state index is -0.983. The predicted octanol–water partition coefficient (Wildman–Crippen LogP) is 7.21. The van der Waals surface area contributed by atoms with E-state index in [0.29, 0.717) is 44.5 Å². The molecular weight excluding hydrogens is 544 g/mol. The zero-order valence-electron chi connectivity index (χ0n) is 23.1. The second-order valence-electron chi connectivity index (χ2n) is 9.88. The lowest BCUT2D eigenvalue weighted by Crippen LogP contribution is -2.07. The number of aryl methyl sites for hydroxylation is 1. The summed E-state index contributed by atoms with van der Waals surface area (Å²) in [4.78, 5) is 22.4. The van der Waals surface area contributed by atoms with Crippen molar-refractivity contribution in [2.45, 2.75) is 45.1 Å². The summed E-state index contributed by atoms with van der Waals surface area (Å²) in [6.45, 7) is 0.532. The van der Waals surface area contributed by atoms with Gasteiger partial charge < -0.3 is 24.3 Å². The van der Waals surface area contributed by atoms with Crippen LogP contribution in [0.5, 0.6) is 11.5 Å². The number of ether oxygens (including phenoxy) is 2. The van der Waals surface area contributed by atoms with E-state index in [-0.39, 0.29) is 25.3 Å². The van der Waals surface area contributed by atoms with Gasteiger partial charge in [0.2, 0.25) is 5.82 Å². The van der Waals surface area contributed by atoms with Crippen LogP contribution in [0.3, 0.4) is 0 Å². The molecule has 0 unspecified atom stereocenters. The molecule has 0 aliphatic rings. The number of nitrogens with zero attached hydrogens (tertiary/aromatic N) is 1. The summed E-state index contributed by atoms with van der Waals surface area (Å²) in [5.41, 5.74) is 3.65. The van der Waals surface area contributed by atoms with Gasteiger partial charge in [-0.25, -0.2) is 4.39 Å². The highest BCUT2D eigenvalue weighted by Gasteiger charge is 2.13. The third-order valence-corrected chi connectivity index (χ3v) is 6.72. The maximum Gasteiger partial charge on any atom is 0.323 e. The lowest BCUT2D eigenvalue weighted by Gasteiger charge is -2.09. The zero-order valence-corrected chi connectivity index (χ0v) is 23.1. The summed E-state index contributed by atoms with van der Waals surface area (Å²) in [5, 5.41) is 19.3. The first-order chi connectivity index (χ1) is 20.3. The maximum atomic E-state index is 13.6. The molecule has 0 spiro atoms. The first-order valence-corrected chi connectivity index (χ1v) is 13.8. The van der Waals surface area contributed by atoms with Crippen molar-refractivity contribution in [2.24, 2.45) is 0 Å². The molecule has 9 heteroatoms. The molecule has 0 aliphatic carbocycles. The number of hydrogen-bond acceptors (Lipinski definition) is 4. The number of unbranched alkanes of at least 4 members (excludes halogenated alkanes) is 2. The zero-order chi connectivity index (χ0) is 29.9. The number of carbonyl (C=O) groups is 2. The number of rotatable bonds is 16. The molecular formula is C33H33F2NO6. The van der Waals surface area contributed by atoms with E-state index in [0.717, 1.165) is 33.7 Å². The molecule has 0 aliphatic heterocycles. The molecule has 1 aromatic heterocycles. The van der Waals surface area contributed by atoms with Gasteiger partial charge in [-0.2, -0.15) is 4.39 Å². The molecule has 0 saturated carbocycles. The Balaban J connectivity index is 1.33. The smallest absolute Gasteiger partial charge is 0.323 e. The first kappa shape index (κ1) is 30.3. The Morgan fingerprint density at radius 2 is 1.55 bits per heavy atom. The number of benzene rings is 3. The molecule has 2 N–H and O–H groups in total. The number of halogens is 2. The van der Waals surface area contributed by atoms with Gasteiger partial charge in [0.15, 0.2) is 11.6 Å². The van der Waals surface area contributed by atoms with Crippen molar-refractivity contribution in [3.63, 3.8) is 0 Å². The number of fused-ring (bicyclic) bond motifs is 1. The summed E-state index contributed by atoms with van der Waals surface area (Å²) in [6, 6.07) is 17.3. The average Bonchev–Trinajstić information content (AvgIpc) is 3.31. The van der Waals surface area contributed by atoms with Gasteiger partial charge in [0.1, 0.15) is 12.3 Å². The normalized spacial score (nSPS) is 11.3. The van der Waals surface area contributed by atoms with Crippen molar-refractivity contribution in [1.29, 1.82) is 0 Å². The van der Waals surface area contributed by atoms with Crippen molar-refractivity contribution in [3.8, 4) is 11.5 Å². The standard InChI is InChI=1S/C33H33F2NO6/c34-28-10-6-11-29(32(28)35)42-20-4-3-19-41-26-17-14-23(15-18-26)13-16-24-8-5-9-27-25(7-1-2-12-30(37)38)21-36(33(24)27)22-31(39)40/h5-6,8-11,13-18,21H,1-4,7,12,19-20,22H2,(H,37,38)(H,39,40)/b16-13+. The van der Waals surface area contributed by atoms with E-state index in [9.17, 15) is 23.5 Å². The van der Waals surface area contributed by atoms with E-state index in [1.54, 1.807) is 4.57 Å². The van der Waals surface area contributed by atoms with E-state index < -0.39 is 23.6 Å². The van der Waals surface area contributed by atoms with Crippen molar-refractivity contribution in [1.82, 2.24) is 4.57 Å². The van der Waals surface area contributed by atoms with Crippen LogP contribution in [-0.4, -0.2) is 39.9 Å². The minimum Gasteiger partial charge on any atom is -0.494 e.